The molecule has 11 heteroatoms. The van der Waals surface area contributed by atoms with Gasteiger partial charge in [-0.25, -0.2) is 0 Å². The van der Waals surface area contributed by atoms with Crippen molar-refractivity contribution >= 4 is 17.8 Å². The van der Waals surface area contributed by atoms with Gasteiger partial charge in [-0.1, -0.05) is 56.3 Å². The lowest BCUT2D eigenvalue weighted by molar-refractivity contribution is -0.196. The van der Waals surface area contributed by atoms with Gasteiger partial charge in [-0.3, -0.25) is 14.4 Å². The molecule has 2 amide bonds. The van der Waals surface area contributed by atoms with Gasteiger partial charge < -0.3 is 39.0 Å². The molecule has 1 saturated carbocycles. The number of nitrogens with zero attached hydrogens (tertiary/aromatic N) is 1. The van der Waals surface area contributed by atoms with Gasteiger partial charge >= 0.3 is 5.97 Å². The first-order valence-electron chi connectivity index (χ1n) is 16.7. The van der Waals surface area contributed by atoms with Crippen LogP contribution in [0.5, 0.6) is 23.0 Å². The molecule has 2 heterocycles. The molecule has 2 fully saturated rings. The molecule has 2 bridgehead atoms. The molecule has 0 aromatic heterocycles. The second kappa shape index (κ2) is 13.3. The van der Waals surface area contributed by atoms with Crippen LogP contribution in [-0.2, 0) is 30.3 Å². The highest BCUT2D eigenvalue weighted by Crippen LogP contribution is 2.69. The van der Waals surface area contributed by atoms with Crippen molar-refractivity contribution in [3.8, 4) is 23.0 Å². The predicted octanol–water partition coefficient (Wildman–Crippen LogP) is 4.64. The van der Waals surface area contributed by atoms with Gasteiger partial charge in [-0.05, 0) is 37.0 Å². The fourth-order valence-electron chi connectivity index (χ4n) is 7.93. The minimum Gasteiger partial charge on any atom is -0.497 e. The fourth-order valence-corrected chi connectivity index (χ4v) is 7.93. The molecular formula is C38H44N2O9. The molecule has 11 nitrogen and oxygen atoms in total. The molecule has 0 radical (unpaired) electrons. The van der Waals surface area contributed by atoms with Crippen LogP contribution in [0, 0.1) is 11.8 Å². The number of hydrogen-bond acceptors (Lipinski definition) is 9. The summed E-state index contributed by atoms with van der Waals surface area (Å²) >= 11 is 0. The molecule has 0 spiro atoms. The van der Waals surface area contributed by atoms with E-state index in [4.69, 9.17) is 23.7 Å². The number of carbonyl (C=O) groups is 3. The van der Waals surface area contributed by atoms with Crippen LogP contribution in [0.25, 0.3) is 0 Å². The van der Waals surface area contributed by atoms with Gasteiger partial charge in [0.15, 0.2) is 17.3 Å². The van der Waals surface area contributed by atoms with Crippen molar-refractivity contribution in [2.45, 2.75) is 69.4 Å². The molecular weight excluding hydrogens is 628 g/mol. The lowest BCUT2D eigenvalue weighted by Crippen LogP contribution is -2.57. The maximum atomic E-state index is 15.4. The van der Waals surface area contributed by atoms with Gasteiger partial charge in [0.25, 0.3) is 0 Å². The summed E-state index contributed by atoms with van der Waals surface area (Å²) < 4.78 is 30.2. The molecule has 3 aromatic rings. The summed E-state index contributed by atoms with van der Waals surface area (Å²) in [7, 11) is 4.52. The number of hydrogen-bond donors (Lipinski definition) is 2. The lowest BCUT2D eigenvalue weighted by Gasteiger charge is -2.46. The smallest absolute Gasteiger partial charge is 0.303 e. The average Bonchev–Trinajstić information content (AvgIpc) is 3.63. The Balaban J connectivity index is 1.66. The molecule has 0 unspecified atom stereocenters. The monoisotopic (exact) mass is 672 g/mol. The standard InChI is InChI=1S/C38H44N2O9/c1-7-22(2)34(42)39-30-14-11-19-40(30)35(43)33-31(24-12-9-8-10-13-24)38(25-15-17-26(45-4)18-16-25)36(48-23(3)41)37(33,44)32-28(47-6)20-27(46-5)21-29(32)49-38/h8-10,12-13,15-18,20-22,30-31,33,36,44H,7,11,14,19H2,1-6H3,(H,39,42)/t22-,30+,31+,33-,36+,37+,38+/m1/s1. The minimum atomic E-state index is -2.18. The molecule has 1 saturated heterocycles. The maximum absolute atomic E-state index is 15.4. The predicted molar refractivity (Wildman–Crippen MR) is 179 cm³/mol. The van der Waals surface area contributed by atoms with Crippen LogP contribution >= 0.6 is 0 Å². The average molecular weight is 673 g/mol. The van der Waals surface area contributed by atoms with Crippen LogP contribution in [0.3, 0.4) is 0 Å². The zero-order valence-electron chi connectivity index (χ0n) is 28.7. The van der Waals surface area contributed by atoms with Crippen molar-refractivity contribution in [1.82, 2.24) is 10.2 Å². The Labute approximate surface area is 286 Å². The molecule has 49 heavy (non-hydrogen) atoms. The van der Waals surface area contributed by atoms with Crippen molar-refractivity contribution in [1.29, 1.82) is 0 Å². The summed E-state index contributed by atoms with van der Waals surface area (Å²) in [6.07, 6.45) is -0.147. The summed E-state index contributed by atoms with van der Waals surface area (Å²) in [6.45, 7) is 5.41. The number of nitrogens with one attached hydrogen (secondary N) is 1. The molecule has 1 aliphatic carbocycles. The van der Waals surface area contributed by atoms with Crippen molar-refractivity contribution < 1.29 is 43.2 Å². The zero-order chi connectivity index (χ0) is 35.1. The Bertz CT molecular complexity index is 1710. The second-order valence-corrected chi connectivity index (χ2v) is 13.0. The summed E-state index contributed by atoms with van der Waals surface area (Å²) in [5.41, 5.74) is -2.40. The Kier molecular flexibility index (Phi) is 9.23. The van der Waals surface area contributed by atoms with E-state index in [0.717, 1.165) is 0 Å². The van der Waals surface area contributed by atoms with E-state index in [1.807, 2.05) is 44.2 Å². The number of likely N-dealkylation sites (tertiary alicyclic amines) is 1. The van der Waals surface area contributed by atoms with Crippen molar-refractivity contribution in [2.24, 2.45) is 11.8 Å². The minimum absolute atomic E-state index is 0.148. The van der Waals surface area contributed by atoms with Gasteiger partial charge in [-0.15, -0.1) is 0 Å². The zero-order valence-corrected chi connectivity index (χ0v) is 28.7. The van der Waals surface area contributed by atoms with Gasteiger partial charge in [0.1, 0.15) is 29.2 Å². The van der Waals surface area contributed by atoms with Crippen molar-refractivity contribution in [3.63, 3.8) is 0 Å². The van der Waals surface area contributed by atoms with E-state index in [1.165, 1.54) is 21.1 Å². The van der Waals surface area contributed by atoms with Crippen LogP contribution in [0.1, 0.15) is 62.6 Å². The quantitative estimate of drug-likeness (QED) is 0.296. The molecule has 3 aromatic carbocycles. The van der Waals surface area contributed by atoms with Crippen LogP contribution in [0.4, 0.5) is 0 Å². The number of esters is 1. The van der Waals surface area contributed by atoms with E-state index in [2.05, 4.69) is 5.32 Å². The largest absolute Gasteiger partial charge is 0.497 e. The van der Waals surface area contributed by atoms with Gasteiger partial charge in [0.2, 0.25) is 11.8 Å². The Hall–Kier alpha value is -4.77. The number of benzene rings is 3. The van der Waals surface area contributed by atoms with E-state index in [1.54, 1.807) is 48.4 Å². The Morgan fingerprint density at radius 2 is 1.69 bits per heavy atom. The number of fused-ring (bicyclic) bond motifs is 4. The lowest BCUT2D eigenvalue weighted by atomic mass is 9.75. The second-order valence-electron chi connectivity index (χ2n) is 13.0. The summed E-state index contributed by atoms with van der Waals surface area (Å²) in [5.74, 6) is -2.24. The van der Waals surface area contributed by atoms with E-state index in [9.17, 15) is 14.7 Å². The number of methoxy groups -OCH3 is 3. The summed E-state index contributed by atoms with van der Waals surface area (Å²) in [6, 6.07) is 19.7. The van der Waals surface area contributed by atoms with Gasteiger partial charge in [-0.2, -0.15) is 0 Å². The normalized spacial score (nSPS) is 27.4. The highest BCUT2D eigenvalue weighted by atomic mass is 16.6. The maximum Gasteiger partial charge on any atom is 0.303 e. The number of carbonyl (C=O) groups excluding carboxylic acids is 3. The molecule has 260 valence electrons. The first-order valence-corrected chi connectivity index (χ1v) is 16.7. The summed E-state index contributed by atoms with van der Waals surface area (Å²) in [4.78, 5) is 43.2. The topological polar surface area (TPSA) is 133 Å². The molecule has 2 aliphatic heterocycles. The van der Waals surface area contributed by atoms with Crippen LogP contribution in [0.15, 0.2) is 66.7 Å². The highest BCUT2D eigenvalue weighted by Gasteiger charge is 2.78. The van der Waals surface area contributed by atoms with Crippen LogP contribution in [0.2, 0.25) is 0 Å². The Morgan fingerprint density at radius 3 is 2.31 bits per heavy atom. The first kappa shape index (κ1) is 34.1. The van der Waals surface area contributed by atoms with Gasteiger partial charge in [0, 0.05) is 43.0 Å². The van der Waals surface area contributed by atoms with Crippen LogP contribution in [-0.4, -0.2) is 67.9 Å². The third-order valence-corrected chi connectivity index (χ3v) is 10.4. The number of amides is 2. The first-order chi connectivity index (χ1) is 23.5. The van der Waals surface area contributed by atoms with Gasteiger partial charge in [0.05, 0.1) is 32.8 Å². The Morgan fingerprint density at radius 1 is 1.00 bits per heavy atom. The third kappa shape index (κ3) is 5.44. The van der Waals surface area contributed by atoms with Crippen molar-refractivity contribution in [2.75, 3.05) is 27.9 Å². The highest BCUT2D eigenvalue weighted by molar-refractivity contribution is 5.86. The van der Waals surface area contributed by atoms with E-state index in [-0.39, 0.29) is 28.9 Å². The van der Waals surface area contributed by atoms with E-state index < -0.39 is 47.2 Å². The summed E-state index contributed by atoms with van der Waals surface area (Å²) in [5, 5.41) is 16.6. The van der Waals surface area contributed by atoms with E-state index >= 15 is 4.79 Å². The molecule has 3 aliphatic rings. The fraction of sp³-hybridized carbons (Fsp3) is 0.447. The molecule has 7 atom stereocenters. The molecule has 6 rings (SSSR count). The molecule has 2 N–H and O–H groups in total. The van der Waals surface area contributed by atoms with E-state index in [0.29, 0.717) is 48.4 Å². The number of ether oxygens (including phenoxy) is 5. The van der Waals surface area contributed by atoms with Crippen LogP contribution < -0.4 is 24.3 Å². The van der Waals surface area contributed by atoms with Crippen molar-refractivity contribution in [3.05, 3.63) is 83.4 Å². The third-order valence-electron chi connectivity index (χ3n) is 10.4. The number of rotatable bonds is 10. The number of aliphatic hydroxyl groups is 1. The SMILES string of the molecule is CC[C@@H](C)C(=O)N[C@@H]1CCCN1C(=O)[C@H]1[C@H](c2ccccc2)[C@]2(c3ccc(OC)cc3)Oc3cc(OC)cc(OC)c3[C@@]1(O)[C@@H]2OC(C)=O.